The monoisotopic (exact) mass is 350 g/mol. The number of imide groups is 1. The normalized spacial score (nSPS) is 26.8. The van der Waals surface area contributed by atoms with Crippen LogP contribution in [0.1, 0.15) is 25.5 Å². The second-order valence-corrected chi connectivity index (χ2v) is 6.15. The van der Waals surface area contributed by atoms with Crippen LogP contribution in [-0.4, -0.2) is 47.0 Å². The standard InChI is InChI=1S/C16H19ClN4O3/c1-3-20-13-11(14(22)21(4-2)16(20)24)12(18-15(23)19-13)9-7-5-6-8-10(9)17/h5-8,11-13H,3-4H2,1-2H3,(H2,18,19,23). The smallest absolute Gasteiger partial charge is 0.328 e. The van der Waals surface area contributed by atoms with E-state index in [9.17, 15) is 14.4 Å². The number of fused-ring (bicyclic) bond motifs is 1. The van der Waals surface area contributed by atoms with E-state index in [0.717, 1.165) is 0 Å². The minimum absolute atomic E-state index is 0.278. The average molecular weight is 351 g/mol. The Morgan fingerprint density at radius 2 is 1.79 bits per heavy atom. The van der Waals surface area contributed by atoms with Crippen LogP contribution in [0.4, 0.5) is 9.59 Å². The highest BCUT2D eigenvalue weighted by atomic mass is 35.5. The summed E-state index contributed by atoms with van der Waals surface area (Å²) in [6, 6.07) is 5.69. The maximum atomic E-state index is 12.9. The summed E-state index contributed by atoms with van der Waals surface area (Å²) in [6.07, 6.45) is -0.687. The number of nitrogens with zero attached hydrogens (tertiary/aromatic N) is 2. The molecule has 3 rings (SSSR count). The number of carbonyl (C=O) groups excluding carboxylic acids is 3. The van der Waals surface area contributed by atoms with E-state index >= 15 is 0 Å². The summed E-state index contributed by atoms with van der Waals surface area (Å²) in [5.74, 6) is -0.949. The zero-order valence-electron chi connectivity index (χ0n) is 13.5. The molecule has 24 heavy (non-hydrogen) atoms. The molecular weight excluding hydrogens is 332 g/mol. The van der Waals surface area contributed by atoms with E-state index in [1.165, 1.54) is 9.80 Å². The van der Waals surface area contributed by atoms with E-state index in [4.69, 9.17) is 11.6 Å². The molecule has 3 atom stereocenters. The summed E-state index contributed by atoms with van der Waals surface area (Å²) in [7, 11) is 0. The fourth-order valence-electron chi connectivity index (χ4n) is 3.40. The lowest BCUT2D eigenvalue weighted by Gasteiger charge is -2.49. The molecule has 0 spiro atoms. The third kappa shape index (κ3) is 2.49. The van der Waals surface area contributed by atoms with Gasteiger partial charge in [-0.05, 0) is 25.5 Å². The van der Waals surface area contributed by atoms with Crippen molar-refractivity contribution in [1.29, 1.82) is 0 Å². The quantitative estimate of drug-likeness (QED) is 0.874. The first-order valence-electron chi connectivity index (χ1n) is 7.93. The second-order valence-electron chi connectivity index (χ2n) is 5.74. The largest absolute Gasteiger partial charge is 0.330 e. The minimum Gasteiger partial charge on any atom is -0.330 e. The molecule has 2 aliphatic rings. The number of hydrogen-bond donors (Lipinski definition) is 2. The van der Waals surface area contributed by atoms with Crippen LogP contribution in [0.5, 0.6) is 0 Å². The lowest BCUT2D eigenvalue weighted by molar-refractivity contribution is -0.141. The molecule has 3 unspecified atom stereocenters. The molecule has 2 aliphatic heterocycles. The van der Waals surface area contributed by atoms with Gasteiger partial charge in [-0.1, -0.05) is 29.8 Å². The third-order valence-electron chi connectivity index (χ3n) is 4.53. The van der Waals surface area contributed by atoms with Crippen molar-refractivity contribution in [3.05, 3.63) is 34.9 Å². The molecule has 2 N–H and O–H groups in total. The van der Waals surface area contributed by atoms with Gasteiger partial charge in [-0.2, -0.15) is 0 Å². The summed E-state index contributed by atoms with van der Waals surface area (Å²) < 4.78 is 0. The Morgan fingerprint density at radius 1 is 1.08 bits per heavy atom. The van der Waals surface area contributed by atoms with Crippen molar-refractivity contribution >= 4 is 29.6 Å². The summed E-state index contributed by atoms with van der Waals surface area (Å²) in [6.45, 7) is 4.24. The number of benzene rings is 1. The van der Waals surface area contributed by atoms with Crippen LogP contribution < -0.4 is 10.6 Å². The molecule has 0 saturated carbocycles. The van der Waals surface area contributed by atoms with E-state index in [-0.39, 0.29) is 18.5 Å². The Balaban J connectivity index is 2.08. The maximum Gasteiger partial charge on any atom is 0.328 e. The molecule has 5 amide bonds. The minimum atomic E-state index is -0.687. The van der Waals surface area contributed by atoms with E-state index in [2.05, 4.69) is 10.6 Å². The molecule has 0 bridgehead atoms. The van der Waals surface area contributed by atoms with Crippen molar-refractivity contribution in [3.63, 3.8) is 0 Å². The lowest BCUT2D eigenvalue weighted by Crippen LogP contribution is -2.72. The van der Waals surface area contributed by atoms with Crippen molar-refractivity contribution < 1.29 is 14.4 Å². The topological polar surface area (TPSA) is 81.8 Å². The van der Waals surface area contributed by atoms with Crippen LogP contribution in [0.2, 0.25) is 5.02 Å². The van der Waals surface area contributed by atoms with Crippen LogP contribution in [0.15, 0.2) is 24.3 Å². The second kappa shape index (κ2) is 6.32. The SMILES string of the molecule is CCN1C(=O)C2C(c3ccccc3Cl)NC(=O)NC2N(CC)C1=O. The predicted octanol–water partition coefficient (Wildman–Crippen LogP) is 1.94. The van der Waals surface area contributed by atoms with Crippen LogP contribution in [0, 0.1) is 5.92 Å². The number of rotatable bonds is 3. The first-order valence-corrected chi connectivity index (χ1v) is 8.30. The van der Waals surface area contributed by atoms with Crippen molar-refractivity contribution in [2.45, 2.75) is 26.1 Å². The summed E-state index contributed by atoms with van der Waals surface area (Å²) >= 11 is 6.28. The van der Waals surface area contributed by atoms with E-state index < -0.39 is 24.2 Å². The van der Waals surface area contributed by atoms with Gasteiger partial charge in [-0.25, -0.2) is 9.59 Å². The molecule has 2 saturated heterocycles. The highest BCUT2D eigenvalue weighted by Gasteiger charge is 2.52. The molecule has 0 aliphatic carbocycles. The van der Waals surface area contributed by atoms with E-state index in [1.807, 2.05) is 6.92 Å². The summed E-state index contributed by atoms with van der Waals surface area (Å²) in [5, 5.41) is 5.97. The molecular formula is C16H19ClN4O3. The van der Waals surface area contributed by atoms with Crippen LogP contribution in [-0.2, 0) is 4.79 Å². The fraction of sp³-hybridized carbons (Fsp3) is 0.438. The molecule has 0 aromatic heterocycles. The highest BCUT2D eigenvalue weighted by Crippen LogP contribution is 2.37. The number of amides is 5. The van der Waals surface area contributed by atoms with Gasteiger partial charge in [-0.15, -0.1) is 0 Å². The Morgan fingerprint density at radius 3 is 2.42 bits per heavy atom. The summed E-state index contributed by atoms with van der Waals surface area (Å²) in [5.41, 5.74) is 0.666. The van der Waals surface area contributed by atoms with Gasteiger partial charge in [-0.3, -0.25) is 9.69 Å². The van der Waals surface area contributed by atoms with Crippen molar-refractivity contribution in [1.82, 2.24) is 20.4 Å². The first kappa shape index (κ1) is 16.6. The average Bonchev–Trinajstić information content (AvgIpc) is 2.55. The predicted molar refractivity (Wildman–Crippen MR) is 88.3 cm³/mol. The fourth-order valence-corrected chi connectivity index (χ4v) is 3.65. The van der Waals surface area contributed by atoms with E-state index in [0.29, 0.717) is 17.1 Å². The van der Waals surface area contributed by atoms with Gasteiger partial charge >= 0.3 is 12.1 Å². The Bertz CT molecular complexity index is 696. The molecule has 2 fully saturated rings. The third-order valence-corrected chi connectivity index (χ3v) is 4.87. The van der Waals surface area contributed by atoms with Gasteiger partial charge in [0.05, 0.1) is 6.04 Å². The molecule has 8 heteroatoms. The Kier molecular flexibility index (Phi) is 4.36. The molecule has 0 radical (unpaired) electrons. The van der Waals surface area contributed by atoms with Crippen LogP contribution in [0.25, 0.3) is 0 Å². The Hall–Kier alpha value is -2.28. The van der Waals surface area contributed by atoms with Gasteiger partial charge < -0.3 is 15.5 Å². The number of carbonyl (C=O) groups is 3. The van der Waals surface area contributed by atoms with E-state index in [1.54, 1.807) is 31.2 Å². The van der Waals surface area contributed by atoms with Crippen molar-refractivity contribution in [2.75, 3.05) is 13.1 Å². The number of halogens is 1. The van der Waals surface area contributed by atoms with Gasteiger partial charge in [0.1, 0.15) is 12.1 Å². The van der Waals surface area contributed by atoms with Crippen molar-refractivity contribution in [2.24, 2.45) is 5.92 Å². The van der Waals surface area contributed by atoms with Gasteiger partial charge in [0.15, 0.2) is 0 Å². The lowest BCUT2D eigenvalue weighted by atomic mass is 9.85. The highest BCUT2D eigenvalue weighted by molar-refractivity contribution is 6.31. The number of hydrogen-bond acceptors (Lipinski definition) is 3. The number of nitrogens with one attached hydrogen (secondary N) is 2. The zero-order valence-corrected chi connectivity index (χ0v) is 14.2. The van der Waals surface area contributed by atoms with Crippen LogP contribution >= 0.6 is 11.6 Å². The molecule has 2 heterocycles. The summed E-state index contributed by atoms with van der Waals surface area (Å²) in [4.78, 5) is 40.3. The molecule has 1 aromatic carbocycles. The molecule has 7 nitrogen and oxygen atoms in total. The maximum absolute atomic E-state index is 12.9. The van der Waals surface area contributed by atoms with Gasteiger partial charge in [0.2, 0.25) is 5.91 Å². The Labute approximate surface area is 144 Å². The van der Waals surface area contributed by atoms with Gasteiger partial charge in [0, 0.05) is 18.1 Å². The molecule has 128 valence electrons. The molecule has 1 aromatic rings. The van der Waals surface area contributed by atoms with Gasteiger partial charge in [0.25, 0.3) is 0 Å². The first-order chi connectivity index (χ1) is 11.5. The zero-order chi connectivity index (χ0) is 17.4. The van der Waals surface area contributed by atoms with Crippen LogP contribution in [0.3, 0.4) is 0 Å². The number of urea groups is 2. The van der Waals surface area contributed by atoms with Crippen molar-refractivity contribution in [3.8, 4) is 0 Å².